The number of para-hydroxylation sites is 1. The number of fused-ring (bicyclic) bond motifs is 6. The van der Waals surface area contributed by atoms with E-state index in [1.54, 1.807) is 0 Å². The number of nitrogens with zero attached hydrogens (tertiary/aromatic N) is 1. The Kier molecular flexibility index (Phi) is 8.03. The van der Waals surface area contributed by atoms with Gasteiger partial charge in [0.05, 0.1) is 11.0 Å². The Morgan fingerprint density at radius 1 is 0.386 bits per heavy atom. The fourth-order valence-corrected chi connectivity index (χ4v) is 9.36. The molecular formula is C56H39N. The maximum absolute atomic E-state index is 2.48. The van der Waals surface area contributed by atoms with Gasteiger partial charge in [0.15, 0.2) is 0 Å². The van der Waals surface area contributed by atoms with Crippen LogP contribution in [-0.4, -0.2) is 4.57 Å². The summed E-state index contributed by atoms with van der Waals surface area (Å²) in [5, 5.41) is 10.2. The van der Waals surface area contributed by atoms with Crippen molar-refractivity contribution in [1.82, 2.24) is 4.57 Å². The molecule has 0 saturated carbocycles. The molecule has 0 bridgehead atoms. The first-order valence-corrected chi connectivity index (χ1v) is 20.0. The van der Waals surface area contributed by atoms with E-state index in [9.17, 15) is 0 Å². The average molecular weight is 726 g/mol. The van der Waals surface area contributed by atoms with Gasteiger partial charge in [-0.25, -0.2) is 0 Å². The molecule has 268 valence electrons. The third-order valence-corrected chi connectivity index (χ3v) is 11.9. The van der Waals surface area contributed by atoms with Crippen molar-refractivity contribution in [3.63, 3.8) is 0 Å². The number of rotatable bonds is 5. The third kappa shape index (κ3) is 5.54. The highest BCUT2D eigenvalue weighted by Crippen LogP contribution is 2.45. The van der Waals surface area contributed by atoms with Crippen LogP contribution in [-0.2, 0) is 0 Å². The van der Waals surface area contributed by atoms with Crippen molar-refractivity contribution < 1.29 is 0 Å². The summed E-state index contributed by atoms with van der Waals surface area (Å²) in [6, 6.07) is 58.1. The van der Waals surface area contributed by atoms with Gasteiger partial charge in [0.1, 0.15) is 0 Å². The van der Waals surface area contributed by atoms with Crippen LogP contribution in [0.2, 0.25) is 0 Å². The molecule has 2 aliphatic carbocycles. The molecule has 0 N–H and O–H groups in total. The predicted molar refractivity (Wildman–Crippen MR) is 246 cm³/mol. The highest BCUT2D eigenvalue weighted by molar-refractivity contribution is 6.20. The van der Waals surface area contributed by atoms with E-state index in [1.807, 2.05) is 0 Å². The molecule has 0 fully saturated rings. The summed E-state index contributed by atoms with van der Waals surface area (Å²) in [5.41, 5.74) is 13.9. The monoisotopic (exact) mass is 725 g/mol. The predicted octanol–water partition coefficient (Wildman–Crippen LogP) is 15.4. The van der Waals surface area contributed by atoms with Crippen LogP contribution in [0.15, 0.2) is 212 Å². The second-order valence-electron chi connectivity index (χ2n) is 15.1. The lowest BCUT2D eigenvalue weighted by Crippen LogP contribution is -1.96. The van der Waals surface area contributed by atoms with Gasteiger partial charge in [-0.2, -0.15) is 0 Å². The zero-order chi connectivity index (χ0) is 37.7. The first kappa shape index (κ1) is 33.1. The van der Waals surface area contributed by atoms with Crippen LogP contribution >= 0.6 is 0 Å². The van der Waals surface area contributed by atoms with E-state index in [-0.39, 0.29) is 0 Å². The van der Waals surface area contributed by atoms with Crippen molar-refractivity contribution >= 4 is 71.0 Å². The Bertz CT molecular complexity index is 3220. The molecular weight excluding hydrogens is 687 g/mol. The molecule has 1 heteroatoms. The molecule has 9 aromatic rings. The second-order valence-corrected chi connectivity index (χ2v) is 15.1. The van der Waals surface area contributed by atoms with E-state index in [1.165, 1.54) is 104 Å². The summed E-state index contributed by atoms with van der Waals surface area (Å²) in [5.74, 6) is 0. The van der Waals surface area contributed by atoms with E-state index >= 15 is 0 Å². The van der Waals surface area contributed by atoms with Gasteiger partial charge in [0, 0.05) is 22.9 Å². The first-order valence-electron chi connectivity index (χ1n) is 20.0. The van der Waals surface area contributed by atoms with Gasteiger partial charge in [-0.3, -0.25) is 0 Å². The minimum Gasteiger partial charge on any atom is -0.313 e. The lowest BCUT2D eigenvalue weighted by Gasteiger charge is -2.20. The Balaban J connectivity index is 1.08. The van der Waals surface area contributed by atoms with Crippen LogP contribution in [0.3, 0.4) is 0 Å². The molecule has 0 amide bonds. The molecule has 0 unspecified atom stereocenters. The quantitative estimate of drug-likeness (QED) is 0.156. The fourth-order valence-electron chi connectivity index (χ4n) is 9.36. The molecule has 8 aromatic carbocycles. The minimum atomic E-state index is 0.818. The topological polar surface area (TPSA) is 4.93 Å². The largest absolute Gasteiger partial charge is 0.313 e. The van der Waals surface area contributed by atoms with E-state index < -0.39 is 0 Å². The molecule has 1 heterocycles. The number of allylic oxidation sites excluding steroid dienone is 12. The zero-order valence-electron chi connectivity index (χ0n) is 31.6. The Morgan fingerprint density at radius 2 is 1.02 bits per heavy atom. The molecule has 11 rings (SSSR count). The van der Waals surface area contributed by atoms with E-state index in [0.717, 1.165) is 12.8 Å². The molecule has 57 heavy (non-hydrogen) atoms. The third-order valence-electron chi connectivity index (χ3n) is 11.9. The van der Waals surface area contributed by atoms with Crippen molar-refractivity contribution in [3.05, 3.63) is 224 Å². The van der Waals surface area contributed by atoms with Crippen LogP contribution < -0.4 is 0 Å². The van der Waals surface area contributed by atoms with Crippen LogP contribution in [0, 0.1) is 0 Å². The number of hydrogen-bond acceptors (Lipinski definition) is 0. The molecule has 0 saturated heterocycles. The maximum atomic E-state index is 2.48. The summed E-state index contributed by atoms with van der Waals surface area (Å²) in [7, 11) is 0. The number of aromatic nitrogens is 1. The Morgan fingerprint density at radius 3 is 1.82 bits per heavy atom. The van der Waals surface area contributed by atoms with Crippen molar-refractivity contribution in [3.8, 4) is 22.3 Å². The first-order chi connectivity index (χ1) is 28.3. The number of benzene rings is 8. The summed E-state index contributed by atoms with van der Waals surface area (Å²) in [6.45, 7) is 0. The van der Waals surface area contributed by atoms with Crippen LogP contribution in [0.25, 0.3) is 93.2 Å². The van der Waals surface area contributed by atoms with Crippen molar-refractivity contribution in [1.29, 1.82) is 0 Å². The summed E-state index contributed by atoms with van der Waals surface area (Å²) >= 11 is 0. The second kappa shape index (κ2) is 13.8. The molecule has 0 atom stereocenters. The Labute approximate surface area is 332 Å². The van der Waals surface area contributed by atoms with E-state index in [2.05, 4.69) is 217 Å². The molecule has 1 nitrogen and oxygen atoms in total. The fraction of sp³-hybridized carbons (Fsp3) is 0.0357. The van der Waals surface area contributed by atoms with Crippen LogP contribution in [0.1, 0.15) is 24.0 Å². The molecule has 2 aliphatic rings. The van der Waals surface area contributed by atoms with Gasteiger partial charge in [-0.15, -0.1) is 0 Å². The van der Waals surface area contributed by atoms with Gasteiger partial charge in [-0.05, 0) is 108 Å². The van der Waals surface area contributed by atoms with Crippen molar-refractivity contribution in [2.45, 2.75) is 12.8 Å². The molecule has 1 aromatic heterocycles. The van der Waals surface area contributed by atoms with Crippen molar-refractivity contribution in [2.24, 2.45) is 0 Å². The zero-order valence-corrected chi connectivity index (χ0v) is 31.6. The normalized spacial score (nSPS) is 14.3. The van der Waals surface area contributed by atoms with E-state index in [4.69, 9.17) is 0 Å². The van der Waals surface area contributed by atoms with Crippen LogP contribution in [0.4, 0.5) is 0 Å². The van der Waals surface area contributed by atoms with Gasteiger partial charge in [0.2, 0.25) is 0 Å². The molecule has 0 radical (unpaired) electrons. The molecule has 0 aliphatic heterocycles. The standard InChI is InChI=1S/C56H39N/c1-2-4-18-38(17-3-1)44-24-7-8-26-47(44)56-50-29-11-9-27-48(50)55(49-28-10-12-30-51(49)56)40-21-15-22-42(35-33-40)57-53-32-14-13-25-46(53)52-37-41(34-36-54(52)57)45-31-16-20-39-19-5-6-23-43(39)45/h1-17,19-21,23-37H,18,22H2. The lowest BCUT2D eigenvalue weighted by molar-refractivity contribution is 1.14. The smallest absolute Gasteiger partial charge is 0.0538 e. The highest BCUT2D eigenvalue weighted by Gasteiger charge is 2.21. The average Bonchev–Trinajstić information content (AvgIpc) is 3.48. The van der Waals surface area contributed by atoms with Gasteiger partial charge in [0.25, 0.3) is 0 Å². The highest BCUT2D eigenvalue weighted by atomic mass is 15.0. The minimum absolute atomic E-state index is 0.818. The van der Waals surface area contributed by atoms with Gasteiger partial charge in [-0.1, -0.05) is 188 Å². The SMILES string of the molecule is C1=CC=C(c2ccccc2-c2c3ccccc3c(C3=CC=C(n4c5ccccc5c5cc(-c6cccc7ccccc67)ccc54)CC=C3)c3ccccc23)CC=C1. The van der Waals surface area contributed by atoms with Gasteiger partial charge < -0.3 is 4.57 Å². The summed E-state index contributed by atoms with van der Waals surface area (Å²) in [6.07, 6.45) is 22.1. The van der Waals surface area contributed by atoms with Crippen LogP contribution in [0.5, 0.6) is 0 Å². The Hall–Kier alpha value is -7.22. The molecule has 0 spiro atoms. The maximum Gasteiger partial charge on any atom is 0.0538 e. The number of hydrogen-bond donors (Lipinski definition) is 0. The van der Waals surface area contributed by atoms with E-state index in [0.29, 0.717) is 0 Å². The van der Waals surface area contributed by atoms with Gasteiger partial charge >= 0.3 is 0 Å². The summed E-state index contributed by atoms with van der Waals surface area (Å²) < 4.78 is 2.48. The lowest BCUT2D eigenvalue weighted by atomic mass is 9.83. The van der Waals surface area contributed by atoms with Crippen molar-refractivity contribution in [2.75, 3.05) is 0 Å². The summed E-state index contributed by atoms with van der Waals surface area (Å²) in [4.78, 5) is 0.